The molecule has 0 bridgehead atoms. The molecule has 0 aliphatic rings. The molecule has 0 amide bonds. The van der Waals surface area contributed by atoms with Crippen LogP contribution in [0.15, 0.2) is 54.9 Å². The Labute approximate surface area is 227 Å². The van der Waals surface area contributed by atoms with Gasteiger partial charge in [-0.15, -0.1) is 5.10 Å². The van der Waals surface area contributed by atoms with Crippen molar-refractivity contribution in [3.05, 3.63) is 105 Å². The number of hydrogen-bond acceptors (Lipinski definition) is 5. The third kappa shape index (κ3) is 4.57. The molecule has 202 valence electrons. The van der Waals surface area contributed by atoms with E-state index in [1.807, 2.05) is 20.9 Å². The molecule has 1 unspecified atom stereocenters. The van der Waals surface area contributed by atoms with Gasteiger partial charge in [0.15, 0.2) is 5.60 Å². The lowest BCUT2D eigenvalue weighted by atomic mass is 9.86. The number of aryl methyl sites for hydroxylation is 3. The lowest BCUT2D eigenvalue weighted by molar-refractivity contribution is -0.137. The zero-order valence-electron chi connectivity index (χ0n) is 21.8. The SMILES string of the molecule is CCc1nc2ccc(C(O)(c3cnnn3C)c3cnc(C)n3C)cc2c(Cl)c1Cc1ccc(C(F)(F)F)cc1. The van der Waals surface area contributed by atoms with Gasteiger partial charge in [0, 0.05) is 31.6 Å². The summed E-state index contributed by atoms with van der Waals surface area (Å²) in [6.45, 7) is 3.79. The lowest BCUT2D eigenvalue weighted by Crippen LogP contribution is -2.33. The van der Waals surface area contributed by atoms with Crippen molar-refractivity contribution in [2.24, 2.45) is 14.1 Å². The van der Waals surface area contributed by atoms with Crippen molar-refractivity contribution in [3.8, 4) is 0 Å². The molecule has 1 N–H and O–H groups in total. The molecule has 7 nitrogen and oxygen atoms in total. The fraction of sp³-hybridized carbons (Fsp3) is 0.286. The Balaban J connectivity index is 1.67. The van der Waals surface area contributed by atoms with Gasteiger partial charge in [-0.05, 0) is 54.3 Å². The highest BCUT2D eigenvalue weighted by Crippen LogP contribution is 2.39. The number of aromatic nitrogens is 6. The zero-order chi connectivity index (χ0) is 28.1. The first-order valence-electron chi connectivity index (χ1n) is 12.3. The fourth-order valence-electron chi connectivity index (χ4n) is 4.91. The normalized spacial score (nSPS) is 13.7. The van der Waals surface area contributed by atoms with Crippen LogP contribution in [0.1, 0.15) is 52.1 Å². The summed E-state index contributed by atoms with van der Waals surface area (Å²) in [4.78, 5) is 9.19. The number of pyridine rings is 1. The molecule has 39 heavy (non-hydrogen) atoms. The monoisotopic (exact) mass is 554 g/mol. The van der Waals surface area contributed by atoms with Crippen molar-refractivity contribution in [2.45, 2.75) is 38.5 Å². The van der Waals surface area contributed by atoms with Crippen molar-refractivity contribution in [1.82, 2.24) is 29.5 Å². The maximum atomic E-state index is 13.0. The third-order valence-electron chi connectivity index (χ3n) is 7.19. The Morgan fingerprint density at radius 2 is 1.67 bits per heavy atom. The molecular formula is C28H26ClF3N6O. The Morgan fingerprint density at radius 3 is 2.23 bits per heavy atom. The van der Waals surface area contributed by atoms with Gasteiger partial charge in [-0.1, -0.05) is 41.9 Å². The second-order valence-electron chi connectivity index (χ2n) is 9.51. The minimum atomic E-state index is -4.40. The molecular weight excluding hydrogens is 529 g/mol. The van der Waals surface area contributed by atoms with Crippen LogP contribution in [0.3, 0.4) is 0 Å². The number of imidazole rings is 1. The minimum absolute atomic E-state index is 0.310. The average molecular weight is 555 g/mol. The standard InChI is InChI=1S/C28H26ClF3N6O/c1-5-22-20(12-17-6-8-18(9-7-17)28(30,31)32)26(29)21-13-19(10-11-23(21)35-22)27(39,25-15-34-36-38(25)4)24-14-33-16(2)37(24)3/h6-11,13-15,39H,5,12H2,1-4H3. The van der Waals surface area contributed by atoms with Gasteiger partial charge in [-0.25, -0.2) is 9.67 Å². The molecule has 0 saturated heterocycles. The average Bonchev–Trinajstić information content (AvgIpc) is 3.50. The van der Waals surface area contributed by atoms with Gasteiger partial charge in [0.05, 0.1) is 34.2 Å². The highest BCUT2D eigenvalue weighted by atomic mass is 35.5. The first-order valence-corrected chi connectivity index (χ1v) is 12.7. The van der Waals surface area contributed by atoms with Crippen LogP contribution >= 0.6 is 11.6 Å². The summed E-state index contributed by atoms with van der Waals surface area (Å²) in [6.07, 6.45) is -0.389. The largest absolute Gasteiger partial charge is 0.416 e. The van der Waals surface area contributed by atoms with Crippen molar-refractivity contribution >= 4 is 22.5 Å². The van der Waals surface area contributed by atoms with Crippen LogP contribution in [-0.2, 0) is 38.7 Å². The summed E-state index contributed by atoms with van der Waals surface area (Å²) < 4.78 is 42.4. The number of benzene rings is 2. The molecule has 3 heterocycles. The van der Waals surface area contributed by atoms with E-state index in [1.165, 1.54) is 23.0 Å². The molecule has 0 spiro atoms. The van der Waals surface area contributed by atoms with Crippen molar-refractivity contribution in [3.63, 3.8) is 0 Å². The van der Waals surface area contributed by atoms with E-state index in [1.54, 1.807) is 36.0 Å². The molecule has 11 heteroatoms. The predicted octanol–water partition coefficient (Wildman–Crippen LogP) is 5.51. The lowest BCUT2D eigenvalue weighted by Gasteiger charge is -2.29. The third-order valence-corrected chi connectivity index (χ3v) is 7.62. The summed E-state index contributed by atoms with van der Waals surface area (Å²) >= 11 is 6.99. The molecule has 3 aromatic heterocycles. The first-order chi connectivity index (χ1) is 18.4. The van der Waals surface area contributed by atoms with Gasteiger partial charge in [0.2, 0.25) is 0 Å². The van der Waals surface area contributed by atoms with Gasteiger partial charge in [0.1, 0.15) is 11.5 Å². The maximum Gasteiger partial charge on any atom is 0.416 e. The van der Waals surface area contributed by atoms with E-state index in [0.717, 1.165) is 23.4 Å². The summed E-state index contributed by atoms with van der Waals surface area (Å²) in [7, 11) is 3.51. The summed E-state index contributed by atoms with van der Waals surface area (Å²) in [5.41, 5.74) is 1.90. The zero-order valence-corrected chi connectivity index (χ0v) is 22.5. The quantitative estimate of drug-likeness (QED) is 0.299. The molecule has 2 aromatic carbocycles. The van der Waals surface area contributed by atoms with E-state index in [4.69, 9.17) is 16.6 Å². The molecule has 0 saturated carbocycles. The summed E-state index contributed by atoms with van der Waals surface area (Å²) in [5.74, 6) is 0.713. The Morgan fingerprint density at radius 1 is 0.974 bits per heavy atom. The fourth-order valence-corrected chi connectivity index (χ4v) is 5.23. The van der Waals surface area contributed by atoms with E-state index >= 15 is 0 Å². The molecule has 1 atom stereocenters. The first kappa shape index (κ1) is 26.8. The number of rotatable bonds is 6. The number of halogens is 4. The number of alkyl halides is 3. The molecule has 0 aliphatic heterocycles. The number of fused-ring (bicyclic) bond motifs is 1. The highest BCUT2D eigenvalue weighted by Gasteiger charge is 2.40. The smallest absolute Gasteiger partial charge is 0.373 e. The van der Waals surface area contributed by atoms with Gasteiger partial charge in [-0.3, -0.25) is 4.98 Å². The van der Waals surface area contributed by atoms with Gasteiger partial charge in [-0.2, -0.15) is 13.2 Å². The number of hydrogen-bond donors (Lipinski definition) is 1. The van der Waals surface area contributed by atoms with Crippen LogP contribution in [0, 0.1) is 6.92 Å². The van der Waals surface area contributed by atoms with Gasteiger partial charge >= 0.3 is 6.18 Å². The maximum absolute atomic E-state index is 13.0. The Hall–Kier alpha value is -3.76. The molecule has 0 radical (unpaired) electrons. The van der Waals surface area contributed by atoms with Crippen LogP contribution < -0.4 is 0 Å². The van der Waals surface area contributed by atoms with Crippen LogP contribution in [0.4, 0.5) is 13.2 Å². The highest BCUT2D eigenvalue weighted by molar-refractivity contribution is 6.36. The van der Waals surface area contributed by atoms with Gasteiger partial charge < -0.3 is 9.67 Å². The predicted molar refractivity (Wildman–Crippen MR) is 141 cm³/mol. The van der Waals surface area contributed by atoms with E-state index < -0.39 is 17.3 Å². The van der Waals surface area contributed by atoms with E-state index in [2.05, 4.69) is 15.3 Å². The second-order valence-corrected chi connectivity index (χ2v) is 9.89. The van der Waals surface area contributed by atoms with Crippen LogP contribution in [0.5, 0.6) is 0 Å². The number of aliphatic hydroxyl groups is 1. The van der Waals surface area contributed by atoms with E-state index in [9.17, 15) is 18.3 Å². The van der Waals surface area contributed by atoms with Crippen molar-refractivity contribution in [2.75, 3.05) is 0 Å². The molecule has 5 rings (SSSR count). The topological polar surface area (TPSA) is 81.7 Å². The van der Waals surface area contributed by atoms with E-state index in [0.29, 0.717) is 57.1 Å². The van der Waals surface area contributed by atoms with Gasteiger partial charge in [0.25, 0.3) is 0 Å². The van der Waals surface area contributed by atoms with Crippen LogP contribution in [0.2, 0.25) is 5.02 Å². The van der Waals surface area contributed by atoms with Crippen molar-refractivity contribution < 1.29 is 18.3 Å². The van der Waals surface area contributed by atoms with Crippen molar-refractivity contribution in [1.29, 1.82) is 0 Å². The second kappa shape index (κ2) is 9.77. The van der Waals surface area contributed by atoms with Crippen LogP contribution in [-0.4, -0.2) is 34.6 Å². The summed E-state index contributed by atoms with van der Waals surface area (Å²) in [5, 5.41) is 21.4. The van der Waals surface area contributed by atoms with E-state index in [-0.39, 0.29) is 0 Å². The van der Waals surface area contributed by atoms with Crippen LogP contribution in [0.25, 0.3) is 10.9 Å². The molecule has 0 fully saturated rings. The minimum Gasteiger partial charge on any atom is -0.373 e. The molecule has 0 aliphatic carbocycles. The Bertz CT molecular complexity index is 1680. The molecule has 5 aromatic rings. The summed E-state index contributed by atoms with van der Waals surface area (Å²) in [6, 6.07) is 10.4. The Kier molecular flexibility index (Phi) is 6.72. The number of nitrogens with zero attached hydrogens (tertiary/aromatic N) is 6.